The van der Waals surface area contributed by atoms with Crippen LogP contribution in [-0.2, 0) is 6.42 Å². The summed E-state index contributed by atoms with van der Waals surface area (Å²) in [6.45, 7) is 3.13. The number of carbonyl (C=O) groups excluding carboxylic acids is 1. The van der Waals surface area contributed by atoms with Gasteiger partial charge in [-0.2, -0.15) is 0 Å². The highest BCUT2D eigenvalue weighted by Crippen LogP contribution is 2.25. The molecule has 34 heavy (non-hydrogen) atoms. The summed E-state index contributed by atoms with van der Waals surface area (Å²) in [5, 5.41) is 3.73. The van der Waals surface area contributed by atoms with Gasteiger partial charge in [-0.25, -0.2) is 0 Å². The quantitative estimate of drug-likeness (QED) is 0.199. The number of fused-ring (bicyclic) bond motifs is 1. The Hall–Kier alpha value is -2.13. The van der Waals surface area contributed by atoms with E-state index in [-0.39, 0.29) is 54.2 Å². The molecule has 3 heteroatoms. The first-order valence-electron chi connectivity index (χ1n) is 16.0. The van der Waals surface area contributed by atoms with Crippen LogP contribution in [0.3, 0.4) is 0 Å². The minimum atomic E-state index is -0.360. The molecule has 2 aromatic rings. The van der Waals surface area contributed by atoms with Crippen LogP contribution in [0, 0.1) is 0 Å². The van der Waals surface area contributed by atoms with Gasteiger partial charge in [0.25, 0.3) is 0 Å². The van der Waals surface area contributed by atoms with Crippen LogP contribution in [0.5, 0.6) is 0 Å². The van der Waals surface area contributed by atoms with Gasteiger partial charge in [-0.05, 0) is 75.9 Å². The number of nitrogens with one attached hydrogen (secondary N) is 1. The largest absolute Gasteiger partial charge is 0.314 e. The average molecular weight is 468 g/mol. The lowest BCUT2D eigenvalue weighted by Crippen LogP contribution is -2.23. The molecule has 3 rings (SSSR count). The highest BCUT2D eigenvalue weighted by atomic mass is 16.2. The van der Waals surface area contributed by atoms with Crippen molar-refractivity contribution in [3.63, 3.8) is 0 Å². The Morgan fingerprint density at radius 3 is 2.53 bits per heavy atom. The van der Waals surface area contributed by atoms with Crippen molar-refractivity contribution < 1.29 is 11.6 Å². The minimum absolute atomic E-state index is 0.0123. The lowest BCUT2D eigenvalue weighted by atomic mass is 10.0. The van der Waals surface area contributed by atoms with Crippen LogP contribution >= 0.6 is 0 Å². The van der Waals surface area contributed by atoms with Gasteiger partial charge in [0.1, 0.15) is 0 Å². The average Bonchev–Trinajstić information content (AvgIpc) is 3.54. The molecule has 0 bridgehead atoms. The second-order valence-electron chi connectivity index (χ2n) is 9.52. The van der Waals surface area contributed by atoms with E-state index in [9.17, 15) is 4.79 Å². The molecular weight excluding hydrogens is 416 g/mol. The molecule has 2 heterocycles. The van der Waals surface area contributed by atoms with E-state index in [0.29, 0.717) is 23.8 Å². The zero-order valence-corrected chi connectivity index (χ0v) is 21.1. The Kier molecular flexibility index (Phi) is 9.29. The molecule has 0 aliphatic carbocycles. The Labute approximate surface area is 214 Å². The first-order chi connectivity index (χ1) is 18.9. The smallest absolute Gasteiger partial charge is 0.231 e. The third-order valence-corrected chi connectivity index (χ3v) is 6.64. The van der Waals surface area contributed by atoms with Crippen molar-refractivity contribution in [1.82, 2.24) is 9.88 Å². The standard InChI is InChI=1S/C31H46N2O/c1-2-3-4-5-6-7-8-9-10-11-12-13-14-15-16-23-31(34)33-26-27(25-28-20-19-24-32-28)29-21-17-18-22-30(29)33/h6-7,9-10,17-18,21-22,26,28,32H,2-5,8,11-16,19-20,23-25H2,1H3/b7-6-,10-9-/t28-/m1/s1/i17D,18D,21D,22D,26D. The summed E-state index contributed by atoms with van der Waals surface area (Å²) in [6.07, 6.45) is 23.9. The Balaban J connectivity index is 1.51. The number of rotatable bonds is 16. The van der Waals surface area contributed by atoms with Gasteiger partial charge >= 0.3 is 0 Å². The van der Waals surface area contributed by atoms with Gasteiger partial charge in [-0.3, -0.25) is 9.36 Å². The van der Waals surface area contributed by atoms with E-state index in [0.717, 1.165) is 57.9 Å². The molecule has 0 amide bonds. The third kappa shape index (κ3) is 8.91. The van der Waals surface area contributed by atoms with Crippen molar-refractivity contribution in [1.29, 1.82) is 0 Å². The van der Waals surface area contributed by atoms with Crippen LogP contribution in [0.15, 0.2) is 54.6 Å². The van der Waals surface area contributed by atoms with Crippen molar-refractivity contribution >= 4 is 16.8 Å². The number of benzene rings is 1. The predicted octanol–water partition coefficient (Wildman–Crippen LogP) is 8.39. The second kappa shape index (κ2) is 15.7. The van der Waals surface area contributed by atoms with E-state index < -0.39 is 0 Å². The van der Waals surface area contributed by atoms with Crippen LogP contribution in [0.4, 0.5) is 0 Å². The number of hydrogen-bond donors (Lipinski definition) is 1. The summed E-state index contributed by atoms with van der Waals surface area (Å²) >= 11 is 0. The number of carbonyl (C=O) groups is 1. The molecule has 1 fully saturated rings. The molecule has 0 unspecified atom stereocenters. The van der Waals surface area contributed by atoms with Crippen LogP contribution in [0.25, 0.3) is 10.9 Å². The highest BCUT2D eigenvalue weighted by Gasteiger charge is 2.19. The summed E-state index contributed by atoms with van der Waals surface area (Å²) in [7, 11) is 0. The first-order valence-corrected chi connectivity index (χ1v) is 13.5. The summed E-state index contributed by atoms with van der Waals surface area (Å²) in [4.78, 5) is 13.3. The number of hydrogen-bond acceptors (Lipinski definition) is 2. The molecule has 0 spiro atoms. The fourth-order valence-electron chi connectivity index (χ4n) is 4.65. The van der Waals surface area contributed by atoms with Crippen molar-refractivity contribution in [2.75, 3.05) is 6.54 Å². The highest BCUT2D eigenvalue weighted by molar-refractivity contribution is 5.94. The van der Waals surface area contributed by atoms with E-state index in [1.165, 1.54) is 30.3 Å². The van der Waals surface area contributed by atoms with Gasteiger partial charge in [0, 0.05) is 24.0 Å². The molecule has 1 aromatic heterocycles. The topological polar surface area (TPSA) is 34.0 Å². The number of nitrogens with zero attached hydrogens (tertiary/aromatic N) is 1. The normalized spacial score (nSPS) is 18.5. The van der Waals surface area contributed by atoms with Crippen molar-refractivity contribution in [3.05, 3.63) is 60.2 Å². The lowest BCUT2D eigenvalue weighted by Gasteiger charge is -2.08. The number of allylic oxidation sites excluding steroid dienone is 4. The van der Waals surface area contributed by atoms with Gasteiger partial charge in [0.2, 0.25) is 5.91 Å². The lowest BCUT2D eigenvalue weighted by molar-refractivity contribution is 0.0904. The van der Waals surface area contributed by atoms with E-state index in [2.05, 4.69) is 36.5 Å². The molecule has 3 nitrogen and oxygen atoms in total. The summed E-state index contributed by atoms with van der Waals surface area (Å²) in [6, 6.07) is -0.911. The summed E-state index contributed by atoms with van der Waals surface area (Å²) < 4.78 is 43.3. The minimum Gasteiger partial charge on any atom is -0.314 e. The van der Waals surface area contributed by atoms with Crippen molar-refractivity contribution in [2.45, 2.75) is 109 Å². The molecular formula is C31H46N2O. The predicted molar refractivity (Wildman–Crippen MR) is 147 cm³/mol. The van der Waals surface area contributed by atoms with Crippen LogP contribution in [0.1, 0.15) is 114 Å². The molecule has 0 saturated carbocycles. The van der Waals surface area contributed by atoms with E-state index >= 15 is 0 Å². The van der Waals surface area contributed by atoms with E-state index in [1.54, 1.807) is 0 Å². The maximum Gasteiger partial charge on any atom is 0.231 e. The molecule has 0 radical (unpaired) electrons. The summed E-state index contributed by atoms with van der Waals surface area (Å²) in [5.41, 5.74) is 0.705. The van der Waals surface area contributed by atoms with Crippen LogP contribution in [0.2, 0.25) is 0 Å². The van der Waals surface area contributed by atoms with Crippen LogP contribution in [-0.4, -0.2) is 23.1 Å². The molecule has 1 atom stereocenters. The Bertz CT molecular complexity index is 1150. The molecule has 186 valence electrons. The van der Waals surface area contributed by atoms with Gasteiger partial charge in [-0.15, -0.1) is 0 Å². The molecule has 1 aliphatic rings. The van der Waals surface area contributed by atoms with Gasteiger partial charge in [0.05, 0.1) is 12.4 Å². The monoisotopic (exact) mass is 467 g/mol. The molecule has 1 N–H and O–H groups in total. The van der Waals surface area contributed by atoms with E-state index in [4.69, 9.17) is 6.85 Å². The molecule has 1 saturated heterocycles. The van der Waals surface area contributed by atoms with Crippen LogP contribution < -0.4 is 5.32 Å². The Morgan fingerprint density at radius 2 is 1.76 bits per heavy atom. The zero-order valence-electron chi connectivity index (χ0n) is 26.1. The second-order valence-corrected chi connectivity index (χ2v) is 9.52. The molecule has 1 aliphatic heterocycles. The first kappa shape index (κ1) is 20.1. The zero-order chi connectivity index (χ0) is 28.2. The van der Waals surface area contributed by atoms with E-state index in [1.807, 2.05) is 0 Å². The number of para-hydroxylation sites is 1. The third-order valence-electron chi connectivity index (χ3n) is 6.64. The molecule has 1 aromatic carbocycles. The van der Waals surface area contributed by atoms with Crippen molar-refractivity contribution in [3.8, 4) is 0 Å². The fraction of sp³-hybridized carbons (Fsp3) is 0.581. The SMILES string of the molecule is [2H]c1c([2H])c([2H])c2c(c1[2H])c(C[C@H]1CCCN1)c([2H])n2C(=O)CCCCCCC/C=C\C/C=C\CCCCC. The Morgan fingerprint density at radius 1 is 1.03 bits per heavy atom. The number of aromatic nitrogens is 1. The number of unbranched alkanes of at least 4 members (excludes halogenated alkanes) is 8. The van der Waals surface area contributed by atoms with Crippen molar-refractivity contribution in [2.24, 2.45) is 0 Å². The fourth-order valence-corrected chi connectivity index (χ4v) is 4.65. The van der Waals surface area contributed by atoms with Gasteiger partial charge in [0.15, 0.2) is 0 Å². The maximum atomic E-state index is 13.3. The maximum absolute atomic E-state index is 13.3. The van der Waals surface area contributed by atoms with Gasteiger partial charge in [-0.1, -0.05) is 81.5 Å². The van der Waals surface area contributed by atoms with Gasteiger partial charge < -0.3 is 5.32 Å². The summed E-state index contributed by atoms with van der Waals surface area (Å²) in [5.74, 6) is -0.258.